The Bertz CT molecular complexity index is 1090. The van der Waals surface area contributed by atoms with E-state index in [0.29, 0.717) is 32.4 Å². The molecule has 3 aromatic carbocycles. The van der Waals surface area contributed by atoms with Gasteiger partial charge in [0.2, 0.25) is 11.8 Å². The molecule has 0 aliphatic carbocycles. The van der Waals surface area contributed by atoms with Gasteiger partial charge in [0.05, 0.1) is 6.61 Å². The fraction of sp³-hybridized carbons (Fsp3) is 0.355. The molecule has 3 rings (SSSR count). The van der Waals surface area contributed by atoms with E-state index in [9.17, 15) is 9.59 Å². The van der Waals surface area contributed by atoms with Crippen LogP contribution in [-0.4, -0.2) is 35.4 Å². The van der Waals surface area contributed by atoms with Crippen LogP contribution in [0.2, 0.25) is 0 Å². The number of hydrogen-bond acceptors (Lipinski definition) is 3. The van der Waals surface area contributed by atoms with Crippen molar-refractivity contribution in [3.63, 3.8) is 0 Å². The molecule has 0 radical (unpaired) electrons. The summed E-state index contributed by atoms with van der Waals surface area (Å²) in [5.41, 5.74) is 4.35. The molecule has 0 heterocycles. The Morgan fingerprint density at radius 3 is 2.06 bits per heavy atom. The topological polar surface area (TPSA) is 58.6 Å². The van der Waals surface area contributed by atoms with Gasteiger partial charge in [0.1, 0.15) is 11.8 Å². The first kappa shape index (κ1) is 27.0. The third kappa shape index (κ3) is 8.56. The van der Waals surface area contributed by atoms with Crippen LogP contribution in [0.4, 0.5) is 0 Å². The molecule has 36 heavy (non-hydrogen) atoms. The second kappa shape index (κ2) is 13.5. The molecule has 0 aromatic heterocycles. The summed E-state index contributed by atoms with van der Waals surface area (Å²) < 4.78 is 5.83. The van der Waals surface area contributed by atoms with Gasteiger partial charge in [-0.05, 0) is 57.4 Å². The van der Waals surface area contributed by atoms with Crippen LogP contribution in [0.5, 0.6) is 5.75 Å². The molecule has 1 atom stereocenters. The van der Waals surface area contributed by atoms with Gasteiger partial charge in [0, 0.05) is 25.4 Å². The number of nitrogens with zero attached hydrogens (tertiary/aromatic N) is 1. The number of benzene rings is 3. The van der Waals surface area contributed by atoms with Crippen LogP contribution >= 0.6 is 0 Å². The summed E-state index contributed by atoms with van der Waals surface area (Å²) >= 11 is 0. The second-order valence-corrected chi connectivity index (χ2v) is 9.64. The maximum Gasteiger partial charge on any atom is 0.243 e. The van der Waals surface area contributed by atoms with Gasteiger partial charge in [-0.2, -0.15) is 0 Å². The van der Waals surface area contributed by atoms with E-state index in [2.05, 4.69) is 5.32 Å². The van der Waals surface area contributed by atoms with Crippen molar-refractivity contribution in [2.45, 2.75) is 65.6 Å². The van der Waals surface area contributed by atoms with Crippen LogP contribution in [0, 0.1) is 13.8 Å². The Balaban J connectivity index is 1.77. The van der Waals surface area contributed by atoms with Crippen LogP contribution in [0.25, 0.3) is 0 Å². The highest BCUT2D eigenvalue weighted by molar-refractivity contribution is 5.88. The Morgan fingerprint density at radius 1 is 0.833 bits per heavy atom. The van der Waals surface area contributed by atoms with Crippen LogP contribution in [0.15, 0.2) is 78.9 Å². The highest BCUT2D eigenvalue weighted by Crippen LogP contribution is 2.18. The number of rotatable bonds is 12. The minimum Gasteiger partial charge on any atom is -0.494 e. The lowest BCUT2D eigenvalue weighted by atomic mass is 10.0. The highest BCUT2D eigenvalue weighted by Gasteiger charge is 2.30. The van der Waals surface area contributed by atoms with E-state index in [0.717, 1.165) is 22.4 Å². The van der Waals surface area contributed by atoms with Gasteiger partial charge in [0.15, 0.2) is 0 Å². The van der Waals surface area contributed by atoms with Crippen molar-refractivity contribution in [3.8, 4) is 5.75 Å². The molecule has 2 amide bonds. The van der Waals surface area contributed by atoms with Gasteiger partial charge in [-0.1, -0.05) is 77.9 Å². The summed E-state index contributed by atoms with van der Waals surface area (Å²) in [5.74, 6) is 0.607. The van der Waals surface area contributed by atoms with E-state index >= 15 is 0 Å². The number of nitrogens with one attached hydrogen (secondary N) is 1. The van der Waals surface area contributed by atoms with Crippen molar-refractivity contribution >= 4 is 11.8 Å². The first-order valence-electron chi connectivity index (χ1n) is 12.7. The second-order valence-electron chi connectivity index (χ2n) is 9.64. The van der Waals surface area contributed by atoms with Gasteiger partial charge in [-0.15, -0.1) is 0 Å². The van der Waals surface area contributed by atoms with Crippen molar-refractivity contribution in [1.29, 1.82) is 0 Å². The van der Waals surface area contributed by atoms with Gasteiger partial charge in [-0.3, -0.25) is 9.59 Å². The fourth-order valence-electron chi connectivity index (χ4n) is 4.02. The molecule has 190 valence electrons. The minimum atomic E-state index is -0.610. The zero-order valence-corrected chi connectivity index (χ0v) is 21.9. The number of carbonyl (C=O) groups excluding carboxylic acids is 2. The predicted octanol–water partition coefficient (Wildman–Crippen LogP) is 5.63. The molecule has 0 unspecified atom stereocenters. The Hall–Kier alpha value is -3.60. The molecule has 0 saturated carbocycles. The molecule has 3 aromatic rings. The van der Waals surface area contributed by atoms with Gasteiger partial charge < -0.3 is 15.0 Å². The maximum atomic E-state index is 13.6. The smallest absolute Gasteiger partial charge is 0.243 e. The lowest BCUT2D eigenvalue weighted by molar-refractivity contribution is -0.141. The molecular weight excluding hydrogens is 448 g/mol. The Labute approximate surface area is 215 Å². The average molecular weight is 487 g/mol. The number of carbonyl (C=O) groups is 2. The highest BCUT2D eigenvalue weighted by atomic mass is 16.5. The number of hydrogen-bond donors (Lipinski definition) is 1. The van der Waals surface area contributed by atoms with Gasteiger partial charge in [0.25, 0.3) is 0 Å². The maximum absolute atomic E-state index is 13.6. The summed E-state index contributed by atoms with van der Waals surface area (Å²) in [5, 5.41) is 3.03. The zero-order chi connectivity index (χ0) is 25.9. The van der Waals surface area contributed by atoms with Crippen molar-refractivity contribution in [1.82, 2.24) is 10.2 Å². The van der Waals surface area contributed by atoms with Gasteiger partial charge >= 0.3 is 0 Å². The van der Waals surface area contributed by atoms with E-state index in [4.69, 9.17) is 4.74 Å². The molecule has 0 bridgehead atoms. The summed E-state index contributed by atoms with van der Waals surface area (Å²) in [6.45, 7) is 8.76. The molecule has 5 nitrogen and oxygen atoms in total. The molecule has 0 fully saturated rings. The van der Waals surface area contributed by atoms with Gasteiger partial charge in [-0.25, -0.2) is 0 Å². The Morgan fingerprint density at radius 2 is 1.44 bits per heavy atom. The average Bonchev–Trinajstić information content (AvgIpc) is 2.86. The summed E-state index contributed by atoms with van der Waals surface area (Å²) in [7, 11) is 0. The van der Waals surface area contributed by atoms with E-state index in [1.165, 1.54) is 5.56 Å². The molecule has 1 N–H and O–H groups in total. The third-order valence-corrected chi connectivity index (χ3v) is 6.00. The quantitative estimate of drug-likeness (QED) is 0.338. The predicted molar refractivity (Wildman–Crippen MR) is 145 cm³/mol. The standard InChI is InChI=1S/C31H38N2O3/c1-23(2)32-31(35)29(21-26-9-6-5-7-10-26)33(22-27-16-12-24(3)13-17-27)30(34)11-8-20-36-28-18-14-25(4)15-19-28/h5-7,9-10,12-19,23,29H,8,11,20-22H2,1-4H3,(H,32,35)/t29-/m1/s1. The van der Waals surface area contributed by atoms with Crippen molar-refractivity contribution in [2.24, 2.45) is 0 Å². The largest absolute Gasteiger partial charge is 0.494 e. The molecule has 0 spiro atoms. The first-order chi connectivity index (χ1) is 17.3. The lowest BCUT2D eigenvalue weighted by Gasteiger charge is -2.32. The van der Waals surface area contributed by atoms with Crippen LogP contribution in [0.3, 0.4) is 0 Å². The van der Waals surface area contributed by atoms with E-state index in [1.807, 2.05) is 107 Å². The SMILES string of the molecule is Cc1ccc(CN(C(=O)CCCOc2ccc(C)cc2)[C@H](Cc2ccccc2)C(=O)NC(C)C)cc1. The molecule has 0 saturated heterocycles. The van der Waals surface area contributed by atoms with Crippen molar-refractivity contribution in [3.05, 3.63) is 101 Å². The minimum absolute atomic E-state index is 0.0185. The van der Waals surface area contributed by atoms with Crippen LogP contribution < -0.4 is 10.1 Å². The summed E-state index contributed by atoms with van der Waals surface area (Å²) in [4.78, 5) is 28.7. The number of amides is 2. The molecule has 5 heteroatoms. The van der Waals surface area contributed by atoms with E-state index in [1.54, 1.807) is 4.90 Å². The first-order valence-corrected chi connectivity index (χ1v) is 12.7. The molecular formula is C31H38N2O3. The van der Waals surface area contributed by atoms with E-state index < -0.39 is 6.04 Å². The number of aryl methyl sites for hydroxylation is 2. The molecule has 0 aliphatic heterocycles. The Kier molecular flexibility index (Phi) is 10.1. The normalized spacial score (nSPS) is 11.7. The zero-order valence-electron chi connectivity index (χ0n) is 21.9. The lowest BCUT2D eigenvalue weighted by Crippen LogP contribution is -2.51. The molecule has 0 aliphatic rings. The summed E-state index contributed by atoms with van der Waals surface area (Å²) in [6.07, 6.45) is 1.33. The van der Waals surface area contributed by atoms with E-state index in [-0.39, 0.29) is 17.9 Å². The fourth-order valence-corrected chi connectivity index (χ4v) is 4.02. The van der Waals surface area contributed by atoms with Crippen molar-refractivity contribution < 1.29 is 14.3 Å². The van der Waals surface area contributed by atoms with Crippen LogP contribution in [0.1, 0.15) is 48.9 Å². The van der Waals surface area contributed by atoms with Crippen molar-refractivity contribution in [2.75, 3.05) is 6.61 Å². The monoisotopic (exact) mass is 486 g/mol. The number of ether oxygens (including phenoxy) is 1. The third-order valence-electron chi connectivity index (χ3n) is 6.00. The summed E-state index contributed by atoms with van der Waals surface area (Å²) in [6, 6.07) is 25.2. The van der Waals surface area contributed by atoms with Crippen LogP contribution in [-0.2, 0) is 22.6 Å².